The van der Waals surface area contributed by atoms with Crippen molar-refractivity contribution < 1.29 is 5.11 Å². The van der Waals surface area contributed by atoms with Crippen LogP contribution in [0.5, 0.6) is 0 Å². The number of hydrogen-bond acceptors (Lipinski definition) is 5. The summed E-state index contributed by atoms with van der Waals surface area (Å²) >= 11 is 0. The van der Waals surface area contributed by atoms with E-state index >= 15 is 0 Å². The fourth-order valence-electron chi connectivity index (χ4n) is 3.44. The minimum Gasteiger partial charge on any atom is -0.391 e. The Labute approximate surface area is 160 Å². The molecule has 27 heavy (non-hydrogen) atoms. The molecule has 2 aromatic heterocycles. The molecule has 0 radical (unpaired) electrons. The van der Waals surface area contributed by atoms with Crippen LogP contribution in [0, 0.1) is 0 Å². The Morgan fingerprint density at radius 2 is 1.89 bits per heavy atom. The largest absolute Gasteiger partial charge is 0.391 e. The third-order valence-electron chi connectivity index (χ3n) is 4.96. The highest BCUT2D eigenvalue weighted by Gasteiger charge is 2.22. The highest BCUT2D eigenvalue weighted by molar-refractivity contribution is 5.85. The van der Waals surface area contributed by atoms with Gasteiger partial charge in [-0.05, 0) is 13.3 Å². The molecule has 0 bridgehead atoms. The molecule has 6 nitrogen and oxygen atoms in total. The molecule has 0 aliphatic rings. The Morgan fingerprint density at radius 1 is 1.11 bits per heavy atom. The van der Waals surface area contributed by atoms with Gasteiger partial charge in [0.2, 0.25) is 0 Å². The van der Waals surface area contributed by atoms with Crippen molar-refractivity contribution in [1.82, 2.24) is 19.5 Å². The highest BCUT2D eigenvalue weighted by Crippen LogP contribution is 2.29. The van der Waals surface area contributed by atoms with Crippen LogP contribution in [0.4, 0.5) is 5.82 Å². The molecule has 0 spiro atoms. The number of hydrogen-bond donors (Lipinski definition) is 2. The zero-order valence-electron chi connectivity index (χ0n) is 16.4. The van der Waals surface area contributed by atoms with Crippen LogP contribution in [0.1, 0.15) is 52.0 Å². The van der Waals surface area contributed by atoms with Gasteiger partial charge in [-0.1, -0.05) is 62.9 Å². The summed E-state index contributed by atoms with van der Waals surface area (Å²) in [4.78, 5) is 14.0. The maximum atomic E-state index is 10.4. The summed E-state index contributed by atoms with van der Waals surface area (Å²) < 4.78 is 2.01. The lowest BCUT2D eigenvalue weighted by atomic mass is 10.0. The van der Waals surface area contributed by atoms with Gasteiger partial charge in [0.25, 0.3) is 0 Å². The quantitative estimate of drug-likeness (QED) is 0.547. The van der Waals surface area contributed by atoms with E-state index in [2.05, 4.69) is 22.2 Å². The number of nitrogens with one attached hydrogen (secondary N) is 1. The molecule has 0 amide bonds. The monoisotopic (exact) mass is 367 g/mol. The molecule has 2 atom stereocenters. The fraction of sp³-hybridized carbons (Fsp3) is 0.476. The van der Waals surface area contributed by atoms with Crippen molar-refractivity contribution in [2.45, 2.75) is 58.1 Å². The number of rotatable bonds is 9. The second-order valence-corrected chi connectivity index (χ2v) is 6.99. The molecule has 0 fully saturated rings. The van der Waals surface area contributed by atoms with Crippen LogP contribution in [0.2, 0.25) is 0 Å². The molecule has 3 aromatic rings. The smallest absolute Gasteiger partial charge is 0.166 e. The van der Waals surface area contributed by atoms with E-state index in [1.807, 2.05) is 48.9 Å². The van der Waals surface area contributed by atoms with E-state index in [0.717, 1.165) is 29.6 Å². The number of benzene rings is 1. The van der Waals surface area contributed by atoms with Gasteiger partial charge in [-0.25, -0.2) is 15.0 Å². The molecule has 144 valence electrons. The Balaban J connectivity index is 2.02. The van der Waals surface area contributed by atoms with Crippen LogP contribution in [-0.2, 0) is 0 Å². The van der Waals surface area contributed by atoms with E-state index in [1.54, 1.807) is 6.33 Å². The number of fused-ring (bicyclic) bond motifs is 1. The average molecular weight is 367 g/mol. The van der Waals surface area contributed by atoms with Gasteiger partial charge >= 0.3 is 0 Å². The first-order valence-electron chi connectivity index (χ1n) is 9.81. The normalized spacial score (nSPS) is 13.6. The summed E-state index contributed by atoms with van der Waals surface area (Å²) in [6, 6.07) is 9.88. The van der Waals surface area contributed by atoms with Crippen LogP contribution < -0.4 is 5.32 Å². The van der Waals surface area contributed by atoms with E-state index < -0.39 is 6.10 Å². The van der Waals surface area contributed by atoms with Crippen LogP contribution in [-0.4, -0.2) is 37.8 Å². The van der Waals surface area contributed by atoms with Gasteiger partial charge in [-0.15, -0.1) is 0 Å². The number of aliphatic hydroxyl groups excluding tert-OH is 1. The second kappa shape index (κ2) is 8.95. The van der Waals surface area contributed by atoms with Gasteiger partial charge in [-0.3, -0.25) is 0 Å². The third kappa shape index (κ3) is 4.27. The molecular formula is C21H29N5O. The summed E-state index contributed by atoms with van der Waals surface area (Å²) in [5, 5.41) is 13.5. The molecule has 3 rings (SSSR count). The van der Waals surface area contributed by atoms with Crippen LogP contribution >= 0.6 is 0 Å². The molecular weight excluding hydrogens is 338 g/mol. The number of anilines is 1. The Kier molecular flexibility index (Phi) is 6.40. The minimum atomic E-state index is -0.475. The lowest BCUT2D eigenvalue weighted by Crippen LogP contribution is -2.21. The molecule has 2 N–H and O–H groups in total. The van der Waals surface area contributed by atoms with Crippen molar-refractivity contribution in [3.63, 3.8) is 0 Å². The Bertz CT molecular complexity index is 860. The van der Waals surface area contributed by atoms with Gasteiger partial charge in [0, 0.05) is 12.6 Å². The van der Waals surface area contributed by atoms with Crippen LogP contribution in [0.15, 0.2) is 36.7 Å². The van der Waals surface area contributed by atoms with Gasteiger partial charge in [0.1, 0.15) is 5.52 Å². The summed E-state index contributed by atoms with van der Waals surface area (Å²) in [6.07, 6.45) is 6.90. The summed E-state index contributed by atoms with van der Waals surface area (Å²) in [5.74, 6) is 1.36. The molecule has 0 saturated carbocycles. The number of nitrogens with zero attached hydrogens (tertiary/aromatic N) is 4. The first kappa shape index (κ1) is 19.3. The Morgan fingerprint density at radius 3 is 2.56 bits per heavy atom. The van der Waals surface area contributed by atoms with Crippen LogP contribution in [0.3, 0.4) is 0 Å². The van der Waals surface area contributed by atoms with Crippen molar-refractivity contribution in [3.05, 3.63) is 36.7 Å². The number of aliphatic hydroxyl groups is 1. The highest BCUT2D eigenvalue weighted by atomic mass is 16.3. The maximum Gasteiger partial charge on any atom is 0.166 e. The topological polar surface area (TPSA) is 75.9 Å². The SMILES string of the molecule is CCCCCC[C@@H]([C@H](C)O)n1cnc2c(NC)nc(-c3ccccc3)nc21. The van der Waals surface area contributed by atoms with E-state index in [1.165, 1.54) is 19.3 Å². The number of aromatic nitrogens is 4. The molecule has 0 aliphatic heterocycles. The van der Waals surface area contributed by atoms with E-state index in [4.69, 9.17) is 4.98 Å². The minimum absolute atomic E-state index is 0.0462. The lowest BCUT2D eigenvalue weighted by Gasteiger charge is -2.22. The molecule has 0 aliphatic carbocycles. The van der Waals surface area contributed by atoms with Crippen LogP contribution in [0.25, 0.3) is 22.6 Å². The van der Waals surface area contributed by atoms with Crippen molar-refractivity contribution in [1.29, 1.82) is 0 Å². The van der Waals surface area contributed by atoms with Crippen molar-refractivity contribution in [2.75, 3.05) is 12.4 Å². The average Bonchev–Trinajstić information content (AvgIpc) is 3.11. The summed E-state index contributed by atoms with van der Waals surface area (Å²) in [6.45, 7) is 4.05. The number of imidazole rings is 1. The molecule has 6 heteroatoms. The third-order valence-corrected chi connectivity index (χ3v) is 4.96. The zero-order valence-corrected chi connectivity index (χ0v) is 16.4. The summed E-state index contributed by atoms with van der Waals surface area (Å²) in [7, 11) is 1.84. The van der Waals surface area contributed by atoms with E-state index in [0.29, 0.717) is 11.6 Å². The second-order valence-electron chi connectivity index (χ2n) is 6.99. The lowest BCUT2D eigenvalue weighted by molar-refractivity contribution is 0.124. The molecule has 2 heterocycles. The zero-order chi connectivity index (χ0) is 19.2. The predicted octanol–water partition coefficient (Wildman–Crippen LogP) is 4.43. The maximum absolute atomic E-state index is 10.4. The number of unbranched alkanes of at least 4 members (excludes halogenated alkanes) is 3. The first-order chi connectivity index (χ1) is 13.2. The van der Waals surface area contributed by atoms with Gasteiger partial charge in [0.15, 0.2) is 17.3 Å². The standard InChI is InChI=1S/C21H29N5O/c1-4-5-6-10-13-17(15(2)27)26-14-23-18-20(22-3)24-19(25-21(18)26)16-11-8-7-9-12-16/h7-9,11-12,14-15,17,27H,4-6,10,13H2,1-3H3,(H,22,24,25)/t15-,17-/m0/s1. The molecule has 0 saturated heterocycles. The van der Waals surface area contributed by atoms with Gasteiger partial charge < -0.3 is 15.0 Å². The predicted molar refractivity (Wildman–Crippen MR) is 110 cm³/mol. The van der Waals surface area contributed by atoms with E-state index in [-0.39, 0.29) is 6.04 Å². The van der Waals surface area contributed by atoms with Gasteiger partial charge in [-0.2, -0.15) is 0 Å². The van der Waals surface area contributed by atoms with E-state index in [9.17, 15) is 5.11 Å². The Hall–Kier alpha value is -2.47. The fourth-order valence-corrected chi connectivity index (χ4v) is 3.44. The van der Waals surface area contributed by atoms with Gasteiger partial charge in [0.05, 0.1) is 18.5 Å². The van der Waals surface area contributed by atoms with Crippen molar-refractivity contribution in [2.24, 2.45) is 0 Å². The first-order valence-corrected chi connectivity index (χ1v) is 9.81. The summed E-state index contributed by atoms with van der Waals surface area (Å²) in [5.41, 5.74) is 2.45. The molecule has 0 unspecified atom stereocenters. The molecule has 1 aromatic carbocycles. The van der Waals surface area contributed by atoms with Crippen molar-refractivity contribution in [3.8, 4) is 11.4 Å². The van der Waals surface area contributed by atoms with Crippen molar-refractivity contribution >= 4 is 17.0 Å².